The minimum Gasteiger partial charge on any atom is -0.481 e. The summed E-state index contributed by atoms with van der Waals surface area (Å²) in [5.74, 6) is -1.72. The van der Waals surface area contributed by atoms with Crippen LogP contribution in [0.3, 0.4) is 0 Å². The Morgan fingerprint density at radius 2 is 1.53 bits per heavy atom. The van der Waals surface area contributed by atoms with Crippen LogP contribution in [0.2, 0.25) is 0 Å². The highest BCUT2D eigenvalue weighted by Crippen LogP contribution is 2.08. The second-order valence-corrected chi connectivity index (χ2v) is 3.64. The monoisotopic (exact) mass is 217 g/mol. The Labute approximate surface area is 89.3 Å². The van der Waals surface area contributed by atoms with Crippen molar-refractivity contribution in [2.75, 3.05) is 0 Å². The van der Waals surface area contributed by atoms with Crippen LogP contribution in [-0.2, 0) is 9.59 Å². The summed E-state index contributed by atoms with van der Waals surface area (Å²) in [5.41, 5.74) is 5.32. The summed E-state index contributed by atoms with van der Waals surface area (Å²) in [6.07, 6.45) is 4.94. The molecule has 0 rings (SSSR count). The molecule has 0 heterocycles. The van der Waals surface area contributed by atoms with Gasteiger partial charge in [-0.05, 0) is 12.8 Å². The van der Waals surface area contributed by atoms with Crippen LogP contribution in [0.1, 0.15) is 44.9 Å². The fourth-order valence-corrected chi connectivity index (χ4v) is 1.29. The smallest absolute Gasteiger partial charge is 0.320 e. The molecular weight excluding hydrogens is 198 g/mol. The summed E-state index contributed by atoms with van der Waals surface area (Å²) in [6, 6.07) is -0.760. The SMILES string of the molecule is N[C@H](CCCCCCCC(=O)O)C(=O)O. The molecule has 0 radical (unpaired) electrons. The van der Waals surface area contributed by atoms with Gasteiger partial charge < -0.3 is 15.9 Å². The number of hydrogen-bond donors (Lipinski definition) is 3. The van der Waals surface area contributed by atoms with E-state index in [1.54, 1.807) is 0 Å². The zero-order chi connectivity index (χ0) is 11.7. The molecule has 0 aromatic heterocycles. The fraction of sp³-hybridized carbons (Fsp3) is 0.800. The molecule has 0 bridgehead atoms. The first-order valence-electron chi connectivity index (χ1n) is 5.24. The van der Waals surface area contributed by atoms with Crippen LogP contribution in [-0.4, -0.2) is 28.2 Å². The first-order chi connectivity index (χ1) is 7.04. The molecule has 4 N–H and O–H groups in total. The fourth-order valence-electron chi connectivity index (χ4n) is 1.29. The summed E-state index contributed by atoms with van der Waals surface area (Å²) >= 11 is 0. The molecule has 0 aromatic rings. The van der Waals surface area contributed by atoms with Gasteiger partial charge in [-0.1, -0.05) is 25.7 Å². The first-order valence-corrected chi connectivity index (χ1v) is 5.24. The average molecular weight is 217 g/mol. The third-order valence-electron chi connectivity index (χ3n) is 2.22. The predicted octanol–water partition coefficient (Wildman–Crippen LogP) is 1.21. The molecule has 0 unspecified atom stereocenters. The molecular formula is C10H19NO4. The standard InChI is InChI=1S/C10H19NO4/c11-8(10(14)15)6-4-2-1-3-5-7-9(12)13/h8H,1-7,11H2,(H,12,13)(H,14,15)/t8-/m1/s1. The van der Waals surface area contributed by atoms with Crippen LogP contribution < -0.4 is 5.73 Å². The Balaban J connectivity index is 3.18. The van der Waals surface area contributed by atoms with Gasteiger partial charge in [-0.25, -0.2) is 0 Å². The van der Waals surface area contributed by atoms with Crippen molar-refractivity contribution in [1.82, 2.24) is 0 Å². The van der Waals surface area contributed by atoms with Crippen molar-refractivity contribution in [3.05, 3.63) is 0 Å². The van der Waals surface area contributed by atoms with Gasteiger partial charge in [0.2, 0.25) is 0 Å². The van der Waals surface area contributed by atoms with Gasteiger partial charge in [-0.3, -0.25) is 9.59 Å². The maximum Gasteiger partial charge on any atom is 0.320 e. The molecule has 0 spiro atoms. The van der Waals surface area contributed by atoms with E-state index in [1.807, 2.05) is 0 Å². The number of hydrogen-bond acceptors (Lipinski definition) is 3. The maximum absolute atomic E-state index is 10.4. The van der Waals surface area contributed by atoms with Gasteiger partial charge in [0.05, 0.1) is 0 Å². The summed E-state index contributed by atoms with van der Waals surface area (Å²) in [7, 11) is 0. The second-order valence-electron chi connectivity index (χ2n) is 3.64. The zero-order valence-electron chi connectivity index (χ0n) is 8.82. The summed E-state index contributed by atoms with van der Waals surface area (Å²) in [4.78, 5) is 20.5. The Bertz CT molecular complexity index is 206. The van der Waals surface area contributed by atoms with Crippen LogP contribution >= 0.6 is 0 Å². The number of aliphatic carboxylic acids is 2. The van der Waals surface area contributed by atoms with E-state index in [0.29, 0.717) is 12.8 Å². The topological polar surface area (TPSA) is 101 Å². The molecule has 0 amide bonds. The molecule has 0 aliphatic carbocycles. The van der Waals surface area contributed by atoms with Gasteiger partial charge in [0.15, 0.2) is 0 Å². The highest BCUT2D eigenvalue weighted by molar-refractivity contribution is 5.72. The maximum atomic E-state index is 10.4. The van der Waals surface area contributed by atoms with Gasteiger partial charge in [0.1, 0.15) is 6.04 Å². The molecule has 88 valence electrons. The van der Waals surface area contributed by atoms with E-state index in [4.69, 9.17) is 15.9 Å². The normalized spacial score (nSPS) is 12.3. The van der Waals surface area contributed by atoms with Gasteiger partial charge >= 0.3 is 11.9 Å². The van der Waals surface area contributed by atoms with Crippen molar-refractivity contribution in [3.63, 3.8) is 0 Å². The van der Waals surface area contributed by atoms with Crippen molar-refractivity contribution in [2.45, 2.75) is 51.0 Å². The van der Waals surface area contributed by atoms with Crippen LogP contribution in [0.25, 0.3) is 0 Å². The Hall–Kier alpha value is -1.10. The summed E-state index contributed by atoms with van der Waals surface area (Å²) < 4.78 is 0. The Morgan fingerprint density at radius 3 is 2.07 bits per heavy atom. The molecule has 5 heteroatoms. The molecule has 0 saturated heterocycles. The number of nitrogens with two attached hydrogens (primary N) is 1. The van der Waals surface area contributed by atoms with E-state index in [9.17, 15) is 9.59 Å². The van der Waals surface area contributed by atoms with Gasteiger partial charge in [0.25, 0.3) is 0 Å². The highest BCUT2D eigenvalue weighted by atomic mass is 16.4. The molecule has 0 saturated carbocycles. The van der Waals surface area contributed by atoms with Crippen LogP contribution in [0.5, 0.6) is 0 Å². The largest absolute Gasteiger partial charge is 0.481 e. The lowest BCUT2D eigenvalue weighted by atomic mass is 10.1. The molecule has 15 heavy (non-hydrogen) atoms. The second kappa shape index (κ2) is 8.23. The number of carboxylic acid groups (broad SMARTS) is 2. The van der Waals surface area contributed by atoms with Crippen molar-refractivity contribution in [2.24, 2.45) is 5.73 Å². The van der Waals surface area contributed by atoms with Gasteiger partial charge in [-0.15, -0.1) is 0 Å². The van der Waals surface area contributed by atoms with E-state index in [1.165, 1.54) is 0 Å². The lowest BCUT2D eigenvalue weighted by Gasteiger charge is -2.05. The van der Waals surface area contributed by atoms with Crippen LogP contribution in [0.4, 0.5) is 0 Å². The number of unbranched alkanes of at least 4 members (excludes halogenated alkanes) is 4. The average Bonchev–Trinajstić information content (AvgIpc) is 2.15. The van der Waals surface area contributed by atoms with Crippen molar-refractivity contribution < 1.29 is 19.8 Å². The number of carboxylic acids is 2. The van der Waals surface area contributed by atoms with Crippen molar-refractivity contribution in [1.29, 1.82) is 0 Å². The molecule has 0 fully saturated rings. The van der Waals surface area contributed by atoms with E-state index >= 15 is 0 Å². The van der Waals surface area contributed by atoms with Crippen molar-refractivity contribution >= 4 is 11.9 Å². The lowest BCUT2D eigenvalue weighted by molar-refractivity contribution is -0.139. The summed E-state index contributed by atoms with van der Waals surface area (Å²) in [6.45, 7) is 0. The first kappa shape index (κ1) is 13.9. The van der Waals surface area contributed by atoms with Crippen LogP contribution in [0, 0.1) is 0 Å². The Kier molecular flexibility index (Phi) is 7.62. The quantitative estimate of drug-likeness (QED) is 0.504. The molecule has 0 aliphatic heterocycles. The van der Waals surface area contributed by atoms with Crippen LogP contribution in [0.15, 0.2) is 0 Å². The summed E-state index contributed by atoms with van der Waals surface area (Å²) in [5, 5.41) is 16.9. The molecule has 0 aromatic carbocycles. The number of carbonyl (C=O) groups is 2. The van der Waals surface area contributed by atoms with Gasteiger partial charge in [0, 0.05) is 6.42 Å². The highest BCUT2D eigenvalue weighted by Gasteiger charge is 2.09. The Morgan fingerprint density at radius 1 is 1.00 bits per heavy atom. The lowest BCUT2D eigenvalue weighted by Crippen LogP contribution is -2.29. The third kappa shape index (κ3) is 9.21. The van der Waals surface area contributed by atoms with E-state index in [0.717, 1.165) is 25.7 Å². The predicted molar refractivity (Wildman–Crippen MR) is 55.6 cm³/mol. The molecule has 1 atom stereocenters. The third-order valence-corrected chi connectivity index (χ3v) is 2.22. The van der Waals surface area contributed by atoms with E-state index < -0.39 is 18.0 Å². The molecule has 0 aliphatic rings. The van der Waals surface area contributed by atoms with E-state index in [-0.39, 0.29) is 6.42 Å². The molecule has 5 nitrogen and oxygen atoms in total. The minimum absolute atomic E-state index is 0.217. The van der Waals surface area contributed by atoms with Gasteiger partial charge in [-0.2, -0.15) is 0 Å². The van der Waals surface area contributed by atoms with E-state index in [2.05, 4.69) is 0 Å². The minimum atomic E-state index is -0.958. The zero-order valence-corrected chi connectivity index (χ0v) is 8.82. The van der Waals surface area contributed by atoms with Crippen molar-refractivity contribution in [3.8, 4) is 0 Å². The number of rotatable bonds is 9.